The SMILES string of the molecule is Cc1cc(-c2c(C)[nH]n(-c3ccccc3)c2=O)n(-c2ccc([N+](=O)[O-])cc2[N+](=O)[O-])n1. The second-order valence-electron chi connectivity index (χ2n) is 6.86. The van der Waals surface area contributed by atoms with Gasteiger partial charge in [-0.25, -0.2) is 9.36 Å². The molecule has 2 aromatic carbocycles. The number of benzene rings is 2. The number of rotatable bonds is 5. The van der Waals surface area contributed by atoms with Gasteiger partial charge in [0.25, 0.3) is 11.2 Å². The van der Waals surface area contributed by atoms with Crippen molar-refractivity contribution >= 4 is 11.4 Å². The molecule has 1 N–H and O–H groups in total. The van der Waals surface area contributed by atoms with Crippen LogP contribution in [-0.4, -0.2) is 29.4 Å². The highest BCUT2D eigenvalue weighted by atomic mass is 16.6. The molecule has 31 heavy (non-hydrogen) atoms. The van der Waals surface area contributed by atoms with Gasteiger partial charge >= 0.3 is 5.69 Å². The summed E-state index contributed by atoms with van der Waals surface area (Å²) in [6.07, 6.45) is 0. The molecule has 0 unspecified atom stereocenters. The van der Waals surface area contributed by atoms with Crippen LogP contribution in [0.3, 0.4) is 0 Å². The maximum Gasteiger partial charge on any atom is 0.301 e. The third-order valence-electron chi connectivity index (χ3n) is 4.77. The highest BCUT2D eigenvalue weighted by Crippen LogP contribution is 2.31. The minimum Gasteiger partial charge on any atom is -0.295 e. The number of aromatic amines is 1. The maximum absolute atomic E-state index is 13.2. The minimum atomic E-state index is -0.713. The first-order valence-electron chi connectivity index (χ1n) is 9.15. The Balaban J connectivity index is 1.95. The Morgan fingerprint density at radius 2 is 1.68 bits per heavy atom. The molecule has 2 heterocycles. The van der Waals surface area contributed by atoms with Crippen molar-refractivity contribution in [2.24, 2.45) is 0 Å². The van der Waals surface area contributed by atoms with Gasteiger partial charge in [0.15, 0.2) is 0 Å². The number of para-hydroxylation sites is 1. The summed E-state index contributed by atoms with van der Waals surface area (Å²) < 4.78 is 2.64. The van der Waals surface area contributed by atoms with Crippen LogP contribution in [-0.2, 0) is 0 Å². The molecule has 0 atom stereocenters. The summed E-state index contributed by atoms with van der Waals surface area (Å²) in [4.78, 5) is 34.5. The number of H-pyrrole nitrogens is 1. The number of nitrogens with zero attached hydrogens (tertiary/aromatic N) is 5. The van der Waals surface area contributed by atoms with Gasteiger partial charge in [-0.3, -0.25) is 30.1 Å². The number of aromatic nitrogens is 4. The Bertz CT molecular complexity index is 1380. The molecule has 0 saturated heterocycles. The molecular formula is C20H16N6O5. The van der Waals surface area contributed by atoms with Gasteiger partial charge in [0.1, 0.15) is 5.69 Å². The number of aryl methyl sites for hydroxylation is 2. The molecule has 2 aromatic heterocycles. The Labute approximate surface area is 174 Å². The average Bonchev–Trinajstić information content (AvgIpc) is 3.26. The molecule has 4 aromatic rings. The van der Waals surface area contributed by atoms with Crippen LogP contribution in [0.5, 0.6) is 0 Å². The summed E-state index contributed by atoms with van der Waals surface area (Å²) in [5, 5.41) is 30.0. The van der Waals surface area contributed by atoms with Gasteiger partial charge in [-0.1, -0.05) is 18.2 Å². The van der Waals surface area contributed by atoms with E-state index >= 15 is 0 Å². The number of nitrogens with one attached hydrogen (secondary N) is 1. The van der Waals surface area contributed by atoms with Crippen molar-refractivity contribution in [3.05, 3.63) is 96.6 Å². The Kier molecular flexibility index (Phi) is 4.70. The van der Waals surface area contributed by atoms with Crippen LogP contribution in [0, 0.1) is 34.1 Å². The standard InChI is InChI=1S/C20H16N6O5/c1-12-10-18(19-13(2)22-23(20(19)27)14-6-4-3-5-7-14)24(21-12)16-9-8-15(25(28)29)11-17(16)26(30)31/h3-11,22H,1-2H3. The first-order chi connectivity index (χ1) is 14.8. The lowest BCUT2D eigenvalue weighted by atomic mass is 10.1. The first kappa shape index (κ1) is 19.8. The summed E-state index contributed by atoms with van der Waals surface area (Å²) in [5.41, 5.74) is 1.08. The fraction of sp³-hybridized carbons (Fsp3) is 0.100. The lowest BCUT2D eigenvalue weighted by Crippen LogP contribution is -2.16. The van der Waals surface area contributed by atoms with Crippen LogP contribution in [0.25, 0.3) is 22.6 Å². The molecule has 0 radical (unpaired) electrons. The molecule has 0 aliphatic carbocycles. The van der Waals surface area contributed by atoms with Gasteiger partial charge in [-0.2, -0.15) is 5.10 Å². The topological polar surface area (TPSA) is 142 Å². The molecule has 11 nitrogen and oxygen atoms in total. The van der Waals surface area contributed by atoms with Crippen LogP contribution >= 0.6 is 0 Å². The van der Waals surface area contributed by atoms with Gasteiger partial charge < -0.3 is 0 Å². The highest BCUT2D eigenvalue weighted by molar-refractivity contribution is 5.68. The summed E-state index contributed by atoms with van der Waals surface area (Å²) in [6.45, 7) is 3.40. The zero-order valence-electron chi connectivity index (χ0n) is 16.5. The van der Waals surface area contributed by atoms with Crippen molar-refractivity contribution in [2.75, 3.05) is 0 Å². The van der Waals surface area contributed by atoms with Crippen LogP contribution in [0.4, 0.5) is 11.4 Å². The number of hydrogen-bond donors (Lipinski definition) is 1. The third kappa shape index (κ3) is 3.37. The molecule has 4 rings (SSSR count). The molecule has 156 valence electrons. The van der Waals surface area contributed by atoms with E-state index in [4.69, 9.17) is 0 Å². The normalized spacial score (nSPS) is 10.9. The Hall–Kier alpha value is -4.54. The molecule has 0 aliphatic heterocycles. The summed E-state index contributed by atoms with van der Waals surface area (Å²) in [5.74, 6) is 0. The molecule has 0 saturated carbocycles. The predicted molar refractivity (Wildman–Crippen MR) is 112 cm³/mol. The predicted octanol–water partition coefficient (Wildman–Crippen LogP) is 3.45. The van der Waals surface area contributed by atoms with E-state index in [0.29, 0.717) is 22.8 Å². The van der Waals surface area contributed by atoms with Crippen molar-refractivity contribution in [3.63, 3.8) is 0 Å². The van der Waals surface area contributed by atoms with Gasteiger partial charge in [0.2, 0.25) is 0 Å². The number of non-ortho nitro benzene ring substituents is 1. The van der Waals surface area contributed by atoms with E-state index in [2.05, 4.69) is 10.2 Å². The first-order valence-corrected chi connectivity index (χ1v) is 9.15. The van der Waals surface area contributed by atoms with Crippen LogP contribution in [0.15, 0.2) is 59.4 Å². The molecule has 0 amide bonds. The van der Waals surface area contributed by atoms with Crippen LogP contribution in [0.1, 0.15) is 11.4 Å². The molecule has 0 spiro atoms. The largest absolute Gasteiger partial charge is 0.301 e. The van der Waals surface area contributed by atoms with Gasteiger partial charge in [0.05, 0.1) is 38.6 Å². The van der Waals surface area contributed by atoms with Crippen molar-refractivity contribution in [1.82, 2.24) is 19.6 Å². The van der Waals surface area contributed by atoms with Crippen molar-refractivity contribution in [1.29, 1.82) is 0 Å². The molecule has 0 bridgehead atoms. The fourth-order valence-corrected chi connectivity index (χ4v) is 3.42. The molecular weight excluding hydrogens is 404 g/mol. The molecule has 0 aliphatic rings. The maximum atomic E-state index is 13.2. The van der Waals surface area contributed by atoms with E-state index in [0.717, 1.165) is 12.1 Å². The second-order valence-corrected chi connectivity index (χ2v) is 6.86. The Morgan fingerprint density at radius 3 is 2.32 bits per heavy atom. The zero-order valence-corrected chi connectivity index (χ0v) is 16.5. The van der Waals surface area contributed by atoms with E-state index in [9.17, 15) is 25.0 Å². The average molecular weight is 420 g/mol. The lowest BCUT2D eigenvalue weighted by Gasteiger charge is -2.07. The Morgan fingerprint density at radius 1 is 0.968 bits per heavy atom. The monoisotopic (exact) mass is 420 g/mol. The van der Waals surface area contributed by atoms with Crippen molar-refractivity contribution in [2.45, 2.75) is 13.8 Å². The van der Waals surface area contributed by atoms with Gasteiger partial charge in [-0.05, 0) is 38.1 Å². The van der Waals surface area contributed by atoms with E-state index in [-0.39, 0.29) is 16.8 Å². The number of nitro benzene ring substituents is 2. The minimum absolute atomic E-state index is 0.0185. The quantitative estimate of drug-likeness (QED) is 0.387. The van der Waals surface area contributed by atoms with Crippen LogP contribution < -0.4 is 5.56 Å². The summed E-state index contributed by atoms with van der Waals surface area (Å²) in [7, 11) is 0. The summed E-state index contributed by atoms with van der Waals surface area (Å²) in [6, 6.07) is 13.9. The molecule has 11 heteroatoms. The lowest BCUT2D eigenvalue weighted by molar-refractivity contribution is -0.394. The van der Waals surface area contributed by atoms with Crippen molar-refractivity contribution < 1.29 is 9.85 Å². The van der Waals surface area contributed by atoms with Gasteiger partial charge in [0, 0.05) is 11.8 Å². The highest BCUT2D eigenvalue weighted by Gasteiger charge is 2.26. The van der Waals surface area contributed by atoms with Crippen molar-refractivity contribution in [3.8, 4) is 22.6 Å². The van der Waals surface area contributed by atoms with E-state index < -0.39 is 21.2 Å². The van der Waals surface area contributed by atoms with E-state index in [1.807, 2.05) is 6.07 Å². The third-order valence-corrected chi connectivity index (χ3v) is 4.77. The van der Waals surface area contributed by atoms with E-state index in [1.54, 1.807) is 44.2 Å². The van der Waals surface area contributed by atoms with Crippen LogP contribution in [0.2, 0.25) is 0 Å². The summed E-state index contributed by atoms with van der Waals surface area (Å²) >= 11 is 0. The number of hydrogen-bond acceptors (Lipinski definition) is 6. The fourth-order valence-electron chi connectivity index (χ4n) is 3.42. The smallest absolute Gasteiger partial charge is 0.295 e. The molecule has 0 fully saturated rings. The zero-order chi connectivity index (χ0) is 22.3. The number of nitro groups is 2. The van der Waals surface area contributed by atoms with E-state index in [1.165, 1.54) is 15.4 Å². The van der Waals surface area contributed by atoms with Gasteiger partial charge in [-0.15, -0.1) is 0 Å². The second kappa shape index (κ2) is 7.37.